The summed E-state index contributed by atoms with van der Waals surface area (Å²) in [5.41, 5.74) is 2.07. The van der Waals surface area contributed by atoms with E-state index in [1.54, 1.807) is 12.1 Å². The molecule has 1 amide bonds. The maximum absolute atomic E-state index is 12.9. The van der Waals surface area contributed by atoms with Crippen molar-refractivity contribution in [2.45, 2.75) is 57.4 Å². The van der Waals surface area contributed by atoms with Crippen LogP contribution in [0.3, 0.4) is 0 Å². The van der Waals surface area contributed by atoms with Gasteiger partial charge in [0, 0.05) is 23.1 Å². The maximum Gasteiger partial charge on any atom is 0.295 e. The van der Waals surface area contributed by atoms with E-state index in [-0.39, 0.29) is 16.8 Å². The first-order valence-corrected chi connectivity index (χ1v) is 12.8. The highest BCUT2D eigenvalue weighted by molar-refractivity contribution is 7.89. The van der Waals surface area contributed by atoms with Gasteiger partial charge in [-0.25, -0.2) is 22.6 Å². The number of hydrogen-bond acceptors (Lipinski definition) is 6. The van der Waals surface area contributed by atoms with Crippen LogP contribution in [0.4, 0.5) is 5.69 Å². The van der Waals surface area contributed by atoms with E-state index < -0.39 is 15.9 Å². The Hall–Kier alpha value is -2.85. The minimum absolute atomic E-state index is 0.00532. The average Bonchev–Trinajstić information content (AvgIpc) is 3.49. The van der Waals surface area contributed by atoms with Crippen LogP contribution in [0.5, 0.6) is 0 Å². The summed E-state index contributed by atoms with van der Waals surface area (Å²) in [7, 11) is -3.64. The summed E-state index contributed by atoms with van der Waals surface area (Å²) < 4.78 is 30.2. The molecular weight excluding hydrogens is 440 g/mol. The lowest BCUT2D eigenvalue weighted by Crippen LogP contribution is -2.40. The molecule has 0 saturated heterocycles. The monoisotopic (exact) mass is 468 g/mol. The fraction of sp³-hybridized carbons (Fsp3) is 0.478. The predicted molar refractivity (Wildman–Crippen MR) is 123 cm³/mol. The molecule has 4 atom stereocenters. The van der Waals surface area contributed by atoms with Gasteiger partial charge in [-0.05, 0) is 88.1 Å². The van der Waals surface area contributed by atoms with Gasteiger partial charge in [-0.1, -0.05) is 6.42 Å². The molecule has 9 nitrogen and oxygen atoms in total. The van der Waals surface area contributed by atoms with Gasteiger partial charge in [-0.2, -0.15) is 4.98 Å². The number of hydrogen-bond donors (Lipinski definition) is 2. The highest BCUT2D eigenvalue weighted by Gasteiger charge is 2.42. The number of sulfonamides is 1. The van der Waals surface area contributed by atoms with Gasteiger partial charge in [0.1, 0.15) is 0 Å². The summed E-state index contributed by atoms with van der Waals surface area (Å²) in [6.45, 7) is 5.69. The fourth-order valence-electron chi connectivity index (χ4n) is 5.47. The average molecular weight is 469 g/mol. The van der Waals surface area contributed by atoms with E-state index in [1.807, 2.05) is 26.8 Å². The number of rotatable bonds is 6. The van der Waals surface area contributed by atoms with Crippen LogP contribution in [0.25, 0.3) is 5.78 Å². The lowest BCUT2D eigenvalue weighted by Gasteiger charge is -2.28. The minimum atomic E-state index is -3.64. The second-order valence-corrected chi connectivity index (χ2v) is 11.1. The van der Waals surface area contributed by atoms with E-state index in [9.17, 15) is 13.2 Å². The fourth-order valence-corrected chi connectivity index (χ4v) is 6.77. The molecule has 2 bridgehead atoms. The topological polar surface area (TPSA) is 118 Å². The lowest BCUT2D eigenvalue weighted by atomic mass is 9.84. The Labute approximate surface area is 193 Å². The number of amides is 1. The predicted octanol–water partition coefficient (Wildman–Crippen LogP) is 3.10. The molecule has 33 heavy (non-hydrogen) atoms. The number of nitrogens with one attached hydrogen (secondary N) is 2. The summed E-state index contributed by atoms with van der Waals surface area (Å²) in [6, 6.07) is 7.90. The number of carbonyl (C=O) groups excluding carboxylic acids is 1. The van der Waals surface area contributed by atoms with Crippen LogP contribution < -0.4 is 10.0 Å². The molecule has 2 aliphatic carbocycles. The molecule has 2 aromatic heterocycles. The highest BCUT2D eigenvalue weighted by Crippen LogP contribution is 2.49. The van der Waals surface area contributed by atoms with Crippen molar-refractivity contribution in [1.82, 2.24) is 24.3 Å². The van der Waals surface area contributed by atoms with Crippen molar-refractivity contribution in [2.24, 2.45) is 17.8 Å². The Balaban J connectivity index is 1.26. The van der Waals surface area contributed by atoms with E-state index in [1.165, 1.54) is 35.9 Å². The number of nitrogens with zero attached hydrogens (tertiary/aromatic N) is 4. The summed E-state index contributed by atoms with van der Waals surface area (Å²) in [5, 5.41) is 6.93. The number of fused-ring (bicyclic) bond motifs is 3. The van der Waals surface area contributed by atoms with Crippen molar-refractivity contribution in [3.05, 3.63) is 47.5 Å². The minimum Gasteiger partial charge on any atom is -0.319 e. The third-order valence-corrected chi connectivity index (χ3v) is 8.59. The van der Waals surface area contributed by atoms with Crippen LogP contribution in [-0.2, 0) is 10.0 Å². The summed E-state index contributed by atoms with van der Waals surface area (Å²) in [5.74, 6) is 1.68. The van der Waals surface area contributed by atoms with Crippen LogP contribution in [0.2, 0.25) is 0 Å². The third kappa shape index (κ3) is 4.24. The molecule has 2 aliphatic rings. The number of anilines is 1. The van der Waals surface area contributed by atoms with Crippen LogP contribution in [0.15, 0.2) is 35.2 Å². The van der Waals surface area contributed by atoms with E-state index in [0.717, 1.165) is 23.7 Å². The normalized spacial score (nSPS) is 23.2. The number of aryl methyl sites for hydroxylation is 2. The van der Waals surface area contributed by atoms with Crippen molar-refractivity contribution in [3.8, 4) is 0 Å². The molecule has 0 unspecified atom stereocenters. The molecule has 0 spiro atoms. The molecule has 2 N–H and O–H groups in total. The number of aromatic nitrogens is 4. The van der Waals surface area contributed by atoms with Gasteiger partial charge in [0.15, 0.2) is 0 Å². The third-order valence-electron chi connectivity index (χ3n) is 7.02. The van der Waals surface area contributed by atoms with Crippen molar-refractivity contribution in [2.75, 3.05) is 5.32 Å². The first-order valence-electron chi connectivity index (χ1n) is 11.3. The standard InChI is InChI=1S/C23H28N6O3S/c1-13-10-14(2)29-23(24-13)26-21(27-29)22(30)25-18-6-8-19(9-7-18)33(31,32)28-15(3)20-12-16-4-5-17(20)11-16/h6-10,15-17,20,28H,4-5,11-12H2,1-3H3,(H,25,30)/t15-,16-,17-,20+/m1/s1. The Kier molecular flexibility index (Phi) is 5.44. The SMILES string of the molecule is Cc1cc(C)n2nc(C(=O)Nc3ccc(S(=O)(=O)N[C@H](C)[C@@H]4C[C@@H]5CC[C@@H]4C5)cc3)nc2n1. The first-order chi connectivity index (χ1) is 15.7. The van der Waals surface area contributed by atoms with Gasteiger partial charge >= 0.3 is 0 Å². The smallest absolute Gasteiger partial charge is 0.295 e. The van der Waals surface area contributed by atoms with Crippen LogP contribution in [-0.4, -0.2) is 39.9 Å². The largest absolute Gasteiger partial charge is 0.319 e. The van der Waals surface area contributed by atoms with E-state index in [4.69, 9.17) is 0 Å². The quantitative estimate of drug-likeness (QED) is 0.574. The molecule has 5 rings (SSSR count). The van der Waals surface area contributed by atoms with E-state index in [2.05, 4.69) is 25.1 Å². The molecule has 2 heterocycles. The number of benzene rings is 1. The van der Waals surface area contributed by atoms with Gasteiger partial charge in [0.2, 0.25) is 15.8 Å². The van der Waals surface area contributed by atoms with Crippen molar-refractivity contribution in [1.29, 1.82) is 0 Å². The maximum atomic E-state index is 12.9. The van der Waals surface area contributed by atoms with Crippen LogP contribution in [0.1, 0.15) is 54.6 Å². The van der Waals surface area contributed by atoms with Crippen LogP contribution in [0, 0.1) is 31.6 Å². The Morgan fingerprint density at radius 3 is 2.55 bits per heavy atom. The molecule has 2 saturated carbocycles. The zero-order chi connectivity index (χ0) is 23.3. The van der Waals surface area contributed by atoms with E-state index >= 15 is 0 Å². The molecule has 1 aromatic carbocycles. The molecule has 0 aliphatic heterocycles. The van der Waals surface area contributed by atoms with Gasteiger partial charge in [0.25, 0.3) is 11.7 Å². The molecule has 10 heteroatoms. The van der Waals surface area contributed by atoms with Gasteiger partial charge in [0.05, 0.1) is 4.90 Å². The molecule has 174 valence electrons. The number of carbonyl (C=O) groups is 1. The molecule has 2 fully saturated rings. The molecular formula is C23H28N6O3S. The molecule has 3 aromatic rings. The Bertz CT molecular complexity index is 1320. The van der Waals surface area contributed by atoms with Crippen molar-refractivity contribution in [3.63, 3.8) is 0 Å². The Morgan fingerprint density at radius 2 is 1.88 bits per heavy atom. The van der Waals surface area contributed by atoms with Gasteiger partial charge in [-0.3, -0.25) is 4.79 Å². The van der Waals surface area contributed by atoms with Crippen LogP contribution >= 0.6 is 0 Å². The zero-order valence-electron chi connectivity index (χ0n) is 18.9. The van der Waals surface area contributed by atoms with E-state index in [0.29, 0.717) is 23.3 Å². The second-order valence-electron chi connectivity index (χ2n) is 9.41. The summed E-state index contributed by atoms with van der Waals surface area (Å²) in [4.78, 5) is 21.3. The van der Waals surface area contributed by atoms with Crippen molar-refractivity contribution >= 4 is 27.4 Å². The lowest BCUT2D eigenvalue weighted by molar-refractivity contribution is 0.101. The van der Waals surface area contributed by atoms with Gasteiger partial charge in [-0.15, -0.1) is 5.10 Å². The zero-order valence-corrected chi connectivity index (χ0v) is 19.8. The second kappa shape index (κ2) is 8.18. The Morgan fingerprint density at radius 1 is 1.12 bits per heavy atom. The first kappa shape index (κ1) is 22.0. The summed E-state index contributed by atoms with van der Waals surface area (Å²) >= 11 is 0. The summed E-state index contributed by atoms with van der Waals surface area (Å²) in [6.07, 6.45) is 4.85. The highest BCUT2D eigenvalue weighted by atomic mass is 32.2. The van der Waals surface area contributed by atoms with Gasteiger partial charge < -0.3 is 5.32 Å². The molecule has 0 radical (unpaired) electrons. The van der Waals surface area contributed by atoms with Crippen molar-refractivity contribution < 1.29 is 13.2 Å².